The van der Waals surface area contributed by atoms with Crippen molar-refractivity contribution in [2.75, 3.05) is 54.4 Å². The van der Waals surface area contributed by atoms with Crippen LogP contribution in [0.4, 0.5) is 35.3 Å². The van der Waals surface area contributed by atoms with Crippen LogP contribution in [0.5, 0.6) is 0 Å². The van der Waals surface area contributed by atoms with Crippen LogP contribution in [0.3, 0.4) is 0 Å². The van der Waals surface area contributed by atoms with E-state index in [0.717, 1.165) is 36.9 Å². The smallest absolute Gasteiger partial charge is 0.355 e. The number of piperazine rings is 1. The molecule has 2 aromatic rings. The standard InChI is InChI=1S/C20H23F3N6O/c21-20(22,23)15-4-3-5-16(14-15)24-19(30)29-12-10-28(11-13-29)18-7-6-17(25-26-18)27-8-1-2-9-27/h3-7,14H,1-2,8-13H2,(H,24,30). The molecule has 0 bridgehead atoms. The number of amides is 2. The Balaban J connectivity index is 1.31. The maximum Gasteiger partial charge on any atom is 0.416 e. The van der Waals surface area contributed by atoms with Gasteiger partial charge in [-0.15, -0.1) is 10.2 Å². The fourth-order valence-corrected chi connectivity index (χ4v) is 3.72. The highest BCUT2D eigenvalue weighted by molar-refractivity contribution is 5.89. The molecular weight excluding hydrogens is 397 g/mol. The largest absolute Gasteiger partial charge is 0.416 e. The van der Waals surface area contributed by atoms with Crippen molar-refractivity contribution in [2.45, 2.75) is 19.0 Å². The van der Waals surface area contributed by atoms with Crippen LogP contribution in [0.25, 0.3) is 0 Å². The predicted molar refractivity (Wildman–Crippen MR) is 108 cm³/mol. The van der Waals surface area contributed by atoms with E-state index in [1.807, 2.05) is 12.1 Å². The molecule has 2 aliphatic rings. The van der Waals surface area contributed by atoms with Gasteiger partial charge < -0.3 is 20.0 Å². The third kappa shape index (κ3) is 4.58. The van der Waals surface area contributed by atoms with Crippen LogP contribution in [0.15, 0.2) is 36.4 Å². The lowest BCUT2D eigenvalue weighted by molar-refractivity contribution is -0.137. The van der Waals surface area contributed by atoms with Crippen molar-refractivity contribution in [1.82, 2.24) is 15.1 Å². The van der Waals surface area contributed by atoms with Crippen LogP contribution in [-0.4, -0.2) is 60.4 Å². The second-order valence-corrected chi connectivity index (χ2v) is 7.43. The number of carbonyl (C=O) groups is 1. The van der Waals surface area contributed by atoms with Crippen LogP contribution in [-0.2, 0) is 6.18 Å². The predicted octanol–water partition coefficient (Wildman–Crippen LogP) is 3.45. The van der Waals surface area contributed by atoms with E-state index in [0.29, 0.717) is 26.2 Å². The molecule has 3 heterocycles. The van der Waals surface area contributed by atoms with Gasteiger partial charge in [-0.25, -0.2) is 4.79 Å². The number of benzene rings is 1. The first-order chi connectivity index (χ1) is 14.4. The second kappa shape index (κ2) is 8.37. The van der Waals surface area contributed by atoms with Gasteiger partial charge in [0.05, 0.1) is 5.56 Å². The number of alkyl halides is 3. The van der Waals surface area contributed by atoms with Crippen molar-refractivity contribution in [1.29, 1.82) is 0 Å². The molecule has 2 aliphatic heterocycles. The summed E-state index contributed by atoms with van der Waals surface area (Å²) in [5.41, 5.74) is -0.665. The first-order valence-electron chi connectivity index (χ1n) is 9.97. The maximum atomic E-state index is 12.8. The summed E-state index contributed by atoms with van der Waals surface area (Å²) < 4.78 is 38.5. The number of halogens is 3. The van der Waals surface area contributed by atoms with Crippen LogP contribution in [0, 0.1) is 0 Å². The van der Waals surface area contributed by atoms with Crippen molar-refractivity contribution in [2.24, 2.45) is 0 Å². The zero-order chi connectivity index (χ0) is 21.1. The molecular formula is C20H23F3N6O. The quantitative estimate of drug-likeness (QED) is 0.824. The number of nitrogens with one attached hydrogen (secondary N) is 1. The fraction of sp³-hybridized carbons (Fsp3) is 0.450. The van der Waals surface area contributed by atoms with E-state index in [1.165, 1.54) is 25.0 Å². The molecule has 7 nitrogen and oxygen atoms in total. The Bertz CT molecular complexity index is 875. The van der Waals surface area contributed by atoms with Crippen molar-refractivity contribution in [3.05, 3.63) is 42.0 Å². The molecule has 2 fully saturated rings. The van der Waals surface area contributed by atoms with Crippen molar-refractivity contribution in [3.8, 4) is 0 Å². The Morgan fingerprint density at radius 2 is 1.47 bits per heavy atom. The van der Waals surface area contributed by atoms with Crippen LogP contribution >= 0.6 is 0 Å². The molecule has 0 unspecified atom stereocenters. The molecule has 0 atom stereocenters. The molecule has 0 radical (unpaired) electrons. The molecule has 160 valence electrons. The highest BCUT2D eigenvalue weighted by Gasteiger charge is 2.31. The van der Waals surface area contributed by atoms with E-state index in [-0.39, 0.29) is 5.69 Å². The van der Waals surface area contributed by atoms with Gasteiger partial charge in [0, 0.05) is 45.0 Å². The van der Waals surface area contributed by atoms with Crippen molar-refractivity contribution < 1.29 is 18.0 Å². The number of carbonyl (C=O) groups excluding carboxylic acids is 1. The van der Waals surface area contributed by atoms with Gasteiger partial charge in [0.25, 0.3) is 0 Å². The summed E-state index contributed by atoms with van der Waals surface area (Å²) >= 11 is 0. The van der Waals surface area contributed by atoms with Crippen molar-refractivity contribution >= 4 is 23.4 Å². The summed E-state index contributed by atoms with van der Waals surface area (Å²) in [6.07, 6.45) is -2.10. The topological polar surface area (TPSA) is 64.6 Å². The minimum Gasteiger partial charge on any atom is -0.355 e. The molecule has 1 aromatic carbocycles. The Labute approximate surface area is 172 Å². The Morgan fingerprint density at radius 1 is 0.867 bits per heavy atom. The Hall–Kier alpha value is -3.04. The zero-order valence-corrected chi connectivity index (χ0v) is 16.4. The number of hydrogen-bond donors (Lipinski definition) is 1. The molecule has 4 rings (SSSR count). The molecule has 0 spiro atoms. The van der Waals surface area contributed by atoms with Gasteiger partial charge in [0.15, 0.2) is 11.6 Å². The number of anilines is 3. The average molecular weight is 420 g/mol. The molecule has 1 aromatic heterocycles. The monoisotopic (exact) mass is 420 g/mol. The molecule has 0 saturated carbocycles. The number of hydrogen-bond acceptors (Lipinski definition) is 5. The van der Waals surface area contributed by atoms with Gasteiger partial charge in [-0.2, -0.15) is 13.2 Å². The fourth-order valence-electron chi connectivity index (χ4n) is 3.72. The number of urea groups is 1. The lowest BCUT2D eigenvalue weighted by Crippen LogP contribution is -2.50. The van der Waals surface area contributed by atoms with Crippen molar-refractivity contribution in [3.63, 3.8) is 0 Å². The summed E-state index contributed by atoms with van der Waals surface area (Å²) in [6.45, 7) is 4.06. The van der Waals surface area contributed by atoms with Crippen LogP contribution < -0.4 is 15.1 Å². The average Bonchev–Trinajstić information content (AvgIpc) is 3.28. The van der Waals surface area contributed by atoms with Crippen LogP contribution in [0.1, 0.15) is 18.4 Å². The van der Waals surface area contributed by atoms with E-state index in [1.54, 1.807) is 4.90 Å². The van der Waals surface area contributed by atoms with Gasteiger partial charge in [0.1, 0.15) is 0 Å². The third-order valence-electron chi connectivity index (χ3n) is 5.40. The highest BCUT2D eigenvalue weighted by Crippen LogP contribution is 2.30. The lowest BCUT2D eigenvalue weighted by atomic mass is 10.2. The van der Waals surface area contributed by atoms with Gasteiger partial charge in [-0.05, 0) is 43.2 Å². The summed E-state index contributed by atoms with van der Waals surface area (Å²) in [7, 11) is 0. The van der Waals surface area contributed by atoms with Gasteiger partial charge >= 0.3 is 12.2 Å². The minimum absolute atomic E-state index is 0.126. The second-order valence-electron chi connectivity index (χ2n) is 7.43. The highest BCUT2D eigenvalue weighted by atomic mass is 19.4. The zero-order valence-electron chi connectivity index (χ0n) is 16.4. The minimum atomic E-state index is -4.45. The van der Waals surface area contributed by atoms with Gasteiger partial charge in [0.2, 0.25) is 0 Å². The Kier molecular flexibility index (Phi) is 5.65. The molecule has 2 amide bonds. The molecule has 2 saturated heterocycles. The van der Waals surface area contributed by atoms with E-state index in [4.69, 9.17) is 0 Å². The maximum absolute atomic E-state index is 12.8. The van der Waals surface area contributed by atoms with E-state index >= 15 is 0 Å². The lowest BCUT2D eigenvalue weighted by Gasteiger charge is -2.35. The first kappa shape index (κ1) is 20.2. The number of nitrogens with zero attached hydrogens (tertiary/aromatic N) is 5. The van der Waals surface area contributed by atoms with Crippen LogP contribution in [0.2, 0.25) is 0 Å². The summed E-state index contributed by atoms with van der Waals surface area (Å²) in [6, 6.07) is 8.14. The van der Waals surface area contributed by atoms with E-state index < -0.39 is 17.8 Å². The summed E-state index contributed by atoms with van der Waals surface area (Å²) in [4.78, 5) is 18.3. The molecule has 1 N–H and O–H groups in total. The number of rotatable bonds is 3. The summed E-state index contributed by atoms with van der Waals surface area (Å²) in [5.74, 6) is 1.64. The molecule has 30 heavy (non-hydrogen) atoms. The first-order valence-corrected chi connectivity index (χ1v) is 9.97. The third-order valence-corrected chi connectivity index (χ3v) is 5.40. The van der Waals surface area contributed by atoms with E-state index in [2.05, 4.69) is 25.3 Å². The number of aromatic nitrogens is 2. The van der Waals surface area contributed by atoms with E-state index in [9.17, 15) is 18.0 Å². The summed E-state index contributed by atoms with van der Waals surface area (Å²) in [5, 5.41) is 11.2. The Morgan fingerprint density at radius 3 is 2.03 bits per heavy atom. The SMILES string of the molecule is O=C(Nc1cccc(C(F)(F)F)c1)N1CCN(c2ccc(N3CCCC3)nn2)CC1. The molecule has 0 aliphatic carbocycles. The molecule has 10 heteroatoms. The normalized spacial score (nSPS) is 17.4. The van der Waals surface area contributed by atoms with Gasteiger partial charge in [-0.3, -0.25) is 0 Å². The van der Waals surface area contributed by atoms with Gasteiger partial charge in [-0.1, -0.05) is 6.07 Å².